The van der Waals surface area contributed by atoms with E-state index in [0.717, 1.165) is 18.9 Å². The summed E-state index contributed by atoms with van der Waals surface area (Å²) in [7, 11) is 0. The summed E-state index contributed by atoms with van der Waals surface area (Å²) < 4.78 is 33.4. The Kier molecular flexibility index (Phi) is 5.37. The molecule has 1 aliphatic carbocycles. The zero-order valence-corrected chi connectivity index (χ0v) is 19.3. The van der Waals surface area contributed by atoms with Crippen LogP contribution in [0, 0.1) is 11.6 Å². The Balaban J connectivity index is 1.15. The molecule has 2 aliphatic heterocycles. The largest absolute Gasteiger partial charge is 0.448 e. The number of piperidine rings is 1. The Hall–Kier alpha value is -3.25. The molecular formula is C29H27F2NO3. The molecule has 2 atom stereocenters. The minimum absolute atomic E-state index is 0.00724. The highest BCUT2D eigenvalue weighted by atomic mass is 19.1. The van der Waals surface area contributed by atoms with Gasteiger partial charge < -0.3 is 14.7 Å². The number of carbonyl (C=O) groups excluding carboxylic acids is 1. The van der Waals surface area contributed by atoms with Crippen LogP contribution >= 0.6 is 0 Å². The molecule has 2 saturated heterocycles. The fourth-order valence-electron chi connectivity index (χ4n) is 6.45. The topological polar surface area (TPSA) is 49.8 Å². The molecule has 0 radical (unpaired) electrons. The number of hydrogen-bond acceptors (Lipinski definition) is 3. The smallest absolute Gasteiger partial charge is 0.410 e. The summed E-state index contributed by atoms with van der Waals surface area (Å²) in [5, 5.41) is 11.3. The van der Waals surface area contributed by atoms with Crippen molar-refractivity contribution in [3.8, 4) is 11.1 Å². The third-order valence-corrected chi connectivity index (χ3v) is 7.93. The summed E-state index contributed by atoms with van der Waals surface area (Å²) in [6.45, 7) is 0.258. The number of amides is 1. The summed E-state index contributed by atoms with van der Waals surface area (Å²) in [6, 6.07) is 19.6. The molecule has 4 nitrogen and oxygen atoms in total. The molecule has 2 unspecified atom stereocenters. The van der Waals surface area contributed by atoms with Gasteiger partial charge in [-0.05, 0) is 59.6 Å². The Morgan fingerprint density at radius 3 is 2.14 bits per heavy atom. The molecule has 3 aliphatic rings. The summed E-state index contributed by atoms with van der Waals surface area (Å²) in [5.41, 5.74) is 3.85. The van der Waals surface area contributed by atoms with Crippen molar-refractivity contribution in [2.45, 2.75) is 55.7 Å². The third-order valence-electron chi connectivity index (χ3n) is 7.93. The van der Waals surface area contributed by atoms with Crippen LogP contribution in [0.2, 0.25) is 0 Å². The monoisotopic (exact) mass is 475 g/mol. The summed E-state index contributed by atoms with van der Waals surface area (Å²) in [5.74, 6) is -1.29. The normalized spacial score (nSPS) is 24.8. The Bertz CT molecular complexity index is 1230. The summed E-state index contributed by atoms with van der Waals surface area (Å²) in [6.07, 6.45) is 2.01. The first-order valence-electron chi connectivity index (χ1n) is 12.2. The summed E-state index contributed by atoms with van der Waals surface area (Å²) in [4.78, 5) is 15.0. The van der Waals surface area contributed by atoms with Crippen molar-refractivity contribution in [2.75, 3.05) is 6.61 Å². The first kappa shape index (κ1) is 22.2. The van der Waals surface area contributed by atoms with E-state index in [4.69, 9.17) is 4.74 Å². The molecule has 3 aromatic rings. The lowest BCUT2D eigenvalue weighted by Gasteiger charge is -2.43. The van der Waals surface area contributed by atoms with Crippen molar-refractivity contribution in [3.05, 3.63) is 95.1 Å². The van der Waals surface area contributed by atoms with Crippen LogP contribution in [0.4, 0.5) is 13.6 Å². The van der Waals surface area contributed by atoms with Gasteiger partial charge in [0.05, 0.1) is 5.60 Å². The van der Waals surface area contributed by atoms with Crippen LogP contribution in [0.15, 0.2) is 66.7 Å². The molecule has 1 N–H and O–H groups in total. The van der Waals surface area contributed by atoms with Crippen LogP contribution in [0.25, 0.3) is 11.1 Å². The van der Waals surface area contributed by atoms with Crippen LogP contribution in [-0.4, -0.2) is 40.4 Å². The third kappa shape index (κ3) is 3.90. The Morgan fingerprint density at radius 1 is 0.943 bits per heavy atom. The minimum atomic E-state index is -1.13. The van der Waals surface area contributed by atoms with Gasteiger partial charge in [0.1, 0.15) is 18.2 Å². The molecule has 180 valence electrons. The van der Waals surface area contributed by atoms with Crippen LogP contribution in [0.1, 0.15) is 48.3 Å². The number of fused-ring (bicyclic) bond motifs is 5. The second-order valence-corrected chi connectivity index (χ2v) is 10.1. The van der Waals surface area contributed by atoms with Gasteiger partial charge in [0.15, 0.2) is 0 Å². The fourth-order valence-corrected chi connectivity index (χ4v) is 6.45. The zero-order valence-electron chi connectivity index (χ0n) is 19.3. The van der Waals surface area contributed by atoms with Gasteiger partial charge in [-0.15, -0.1) is 0 Å². The Morgan fingerprint density at radius 2 is 1.54 bits per heavy atom. The van der Waals surface area contributed by atoms with Crippen molar-refractivity contribution >= 4 is 6.09 Å². The van der Waals surface area contributed by atoms with E-state index in [9.17, 15) is 18.7 Å². The fraction of sp³-hybridized carbons (Fsp3) is 0.345. The van der Waals surface area contributed by atoms with Crippen LogP contribution in [-0.2, 0) is 11.2 Å². The average Bonchev–Trinajstić information content (AvgIpc) is 3.32. The van der Waals surface area contributed by atoms with Crippen molar-refractivity contribution in [1.29, 1.82) is 0 Å². The lowest BCUT2D eigenvalue weighted by Crippen LogP contribution is -2.54. The van der Waals surface area contributed by atoms with E-state index in [-0.39, 0.29) is 37.1 Å². The molecule has 2 heterocycles. The Labute approximate surface area is 203 Å². The van der Waals surface area contributed by atoms with E-state index in [0.29, 0.717) is 18.4 Å². The quantitative estimate of drug-likeness (QED) is 0.518. The second-order valence-electron chi connectivity index (χ2n) is 10.1. The molecule has 0 aromatic heterocycles. The van der Waals surface area contributed by atoms with Crippen LogP contribution < -0.4 is 0 Å². The molecule has 6 rings (SSSR count). The lowest BCUT2D eigenvalue weighted by molar-refractivity contribution is -0.0484. The van der Waals surface area contributed by atoms with Crippen LogP contribution in [0.3, 0.4) is 0 Å². The molecule has 0 spiro atoms. The van der Waals surface area contributed by atoms with Crippen molar-refractivity contribution in [2.24, 2.45) is 0 Å². The molecule has 0 saturated carbocycles. The van der Waals surface area contributed by atoms with Crippen molar-refractivity contribution in [3.63, 3.8) is 0 Å². The number of carbonyl (C=O) groups is 1. The van der Waals surface area contributed by atoms with Gasteiger partial charge in [-0.1, -0.05) is 54.6 Å². The number of rotatable bonds is 4. The number of aliphatic hydroxyl groups is 1. The number of nitrogens with zero attached hydrogens (tertiary/aromatic N) is 1. The lowest BCUT2D eigenvalue weighted by atomic mass is 9.81. The first-order chi connectivity index (χ1) is 16.9. The minimum Gasteiger partial charge on any atom is -0.448 e. The second kappa shape index (κ2) is 8.45. The van der Waals surface area contributed by atoms with Gasteiger partial charge in [-0.25, -0.2) is 13.6 Å². The molecule has 2 bridgehead atoms. The van der Waals surface area contributed by atoms with Gasteiger partial charge in [0, 0.05) is 30.5 Å². The molecule has 2 fully saturated rings. The van der Waals surface area contributed by atoms with Crippen LogP contribution in [0.5, 0.6) is 0 Å². The zero-order chi connectivity index (χ0) is 24.2. The maximum atomic E-state index is 14.2. The van der Waals surface area contributed by atoms with E-state index in [2.05, 4.69) is 24.3 Å². The van der Waals surface area contributed by atoms with Gasteiger partial charge in [-0.3, -0.25) is 0 Å². The van der Waals surface area contributed by atoms with E-state index >= 15 is 0 Å². The number of halogens is 2. The molecule has 1 amide bonds. The van der Waals surface area contributed by atoms with E-state index in [1.54, 1.807) is 4.90 Å². The van der Waals surface area contributed by atoms with E-state index in [1.807, 2.05) is 24.3 Å². The summed E-state index contributed by atoms with van der Waals surface area (Å²) >= 11 is 0. The maximum absolute atomic E-state index is 14.2. The van der Waals surface area contributed by atoms with Crippen molar-refractivity contribution < 1.29 is 23.4 Å². The number of ether oxygens (including phenoxy) is 1. The SMILES string of the molecule is O=C(OCC1c2ccccc2-c2ccccc21)N1C2CCC1CC(O)(Cc1ccc(F)cc1F)C2. The van der Waals surface area contributed by atoms with Crippen molar-refractivity contribution in [1.82, 2.24) is 4.90 Å². The highest BCUT2D eigenvalue weighted by molar-refractivity contribution is 5.79. The first-order valence-corrected chi connectivity index (χ1v) is 12.2. The highest BCUT2D eigenvalue weighted by Gasteiger charge is 2.50. The van der Waals surface area contributed by atoms with Gasteiger partial charge in [0.25, 0.3) is 0 Å². The van der Waals surface area contributed by atoms with E-state index < -0.39 is 17.2 Å². The molecule has 3 aromatic carbocycles. The standard InChI is InChI=1S/C29H27F2NO3/c30-19-10-9-18(27(31)13-19)14-29(34)15-20-11-12-21(16-29)32(20)28(33)35-17-26-24-7-3-1-5-22(24)23-6-2-4-8-25(23)26/h1-10,13,20-21,26,34H,11-12,14-17H2. The highest BCUT2D eigenvalue weighted by Crippen LogP contribution is 2.46. The predicted octanol–water partition coefficient (Wildman–Crippen LogP) is 5.81. The maximum Gasteiger partial charge on any atom is 0.410 e. The van der Waals surface area contributed by atoms with Gasteiger partial charge >= 0.3 is 6.09 Å². The van der Waals surface area contributed by atoms with Gasteiger partial charge in [0.2, 0.25) is 0 Å². The predicted molar refractivity (Wildman–Crippen MR) is 128 cm³/mol. The van der Waals surface area contributed by atoms with Gasteiger partial charge in [-0.2, -0.15) is 0 Å². The molecular weight excluding hydrogens is 448 g/mol. The van der Waals surface area contributed by atoms with E-state index in [1.165, 1.54) is 34.4 Å². The number of hydrogen-bond donors (Lipinski definition) is 1. The average molecular weight is 476 g/mol. The number of benzene rings is 3. The molecule has 6 heteroatoms. The molecule has 35 heavy (non-hydrogen) atoms.